The van der Waals surface area contributed by atoms with Gasteiger partial charge in [0.1, 0.15) is 0 Å². The molecular formula is C17H11N3OS. The standard InChI is InChI=1S/C17H11N3OS/c18-10-11-6-8-12(9-7-11)14-15(13-4-2-1-3-5-13)22-17(20-14)16(19)21/h1-9H,(H2,19,21). The Balaban J connectivity index is 2.17. The van der Waals surface area contributed by atoms with E-state index in [0.717, 1.165) is 16.0 Å². The van der Waals surface area contributed by atoms with E-state index in [2.05, 4.69) is 11.1 Å². The number of nitrogens with two attached hydrogens (primary N) is 1. The number of rotatable bonds is 3. The van der Waals surface area contributed by atoms with E-state index in [9.17, 15) is 4.79 Å². The van der Waals surface area contributed by atoms with Gasteiger partial charge in [-0.3, -0.25) is 4.79 Å². The number of carbonyl (C=O) groups excluding carboxylic acids is 1. The average Bonchev–Trinajstić information content (AvgIpc) is 3.01. The number of primary amides is 1. The van der Waals surface area contributed by atoms with Gasteiger partial charge in [-0.2, -0.15) is 5.26 Å². The van der Waals surface area contributed by atoms with Gasteiger partial charge in [0.15, 0.2) is 5.01 Å². The van der Waals surface area contributed by atoms with Crippen LogP contribution in [0, 0.1) is 11.3 Å². The van der Waals surface area contributed by atoms with Crippen LogP contribution in [0.3, 0.4) is 0 Å². The lowest BCUT2D eigenvalue weighted by Crippen LogP contribution is -2.10. The van der Waals surface area contributed by atoms with Gasteiger partial charge in [0.25, 0.3) is 5.91 Å². The van der Waals surface area contributed by atoms with Gasteiger partial charge in [0.2, 0.25) is 0 Å². The first-order valence-corrected chi connectivity index (χ1v) is 7.37. The monoisotopic (exact) mass is 305 g/mol. The molecule has 4 nitrogen and oxygen atoms in total. The smallest absolute Gasteiger partial charge is 0.277 e. The summed E-state index contributed by atoms with van der Waals surface area (Å²) in [4.78, 5) is 16.7. The molecule has 0 radical (unpaired) electrons. The number of hydrogen-bond acceptors (Lipinski definition) is 4. The molecule has 0 saturated carbocycles. The zero-order valence-electron chi connectivity index (χ0n) is 11.5. The Morgan fingerprint density at radius 2 is 1.73 bits per heavy atom. The number of hydrogen-bond donors (Lipinski definition) is 1. The van der Waals surface area contributed by atoms with E-state index in [1.165, 1.54) is 11.3 Å². The molecule has 0 atom stereocenters. The van der Waals surface area contributed by atoms with Crippen molar-refractivity contribution >= 4 is 17.2 Å². The normalized spacial score (nSPS) is 10.1. The zero-order valence-corrected chi connectivity index (χ0v) is 12.3. The Morgan fingerprint density at radius 3 is 2.32 bits per heavy atom. The van der Waals surface area contributed by atoms with Gasteiger partial charge < -0.3 is 5.73 Å². The van der Waals surface area contributed by atoms with E-state index in [1.807, 2.05) is 42.5 Å². The van der Waals surface area contributed by atoms with Crippen molar-refractivity contribution in [2.75, 3.05) is 0 Å². The van der Waals surface area contributed by atoms with Gasteiger partial charge >= 0.3 is 0 Å². The van der Waals surface area contributed by atoms with Crippen LogP contribution in [0.15, 0.2) is 54.6 Å². The van der Waals surface area contributed by atoms with E-state index < -0.39 is 5.91 Å². The maximum Gasteiger partial charge on any atom is 0.277 e. The van der Waals surface area contributed by atoms with Crippen LogP contribution in [0.4, 0.5) is 0 Å². The molecule has 0 spiro atoms. The van der Waals surface area contributed by atoms with Crippen molar-refractivity contribution in [3.05, 3.63) is 65.2 Å². The molecule has 0 aliphatic rings. The van der Waals surface area contributed by atoms with Crippen LogP contribution in [0.25, 0.3) is 21.7 Å². The summed E-state index contributed by atoms with van der Waals surface area (Å²) in [7, 11) is 0. The molecule has 106 valence electrons. The predicted octanol–water partition coefficient (Wildman–Crippen LogP) is 3.45. The molecule has 3 rings (SSSR count). The van der Waals surface area contributed by atoms with Crippen LogP contribution < -0.4 is 5.73 Å². The van der Waals surface area contributed by atoms with Crippen molar-refractivity contribution in [1.29, 1.82) is 5.26 Å². The highest BCUT2D eigenvalue weighted by Gasteiger charge is 2.17. The minimum Gasteiger partial charge on any atom is -0.364 e. The summed E-state index contributed by atoms with van der Waals surface area (Å²) in [6.07, 6.45) is 0. The highest BCUT2D eigenvalue weighted by molar-refractivity contribution is 7.17. The lowest BCUT2D eigenvalue weighted by molar-refractivity contribution is 0.1000. The Hall–Kier alpha value is -2.97. The Kier molecular flexibility index (Phi) is 3.69. The van der Waals surface area contributed by atoms with Crippen molar-refractivity contribution in [3.63, 3.8) is 0 Å². The summed E-state index contributed by atoms with van der Waals surface area (Å²) in [6.45, 7) is 0. The molecule has 1 amide bonds. The maximum absolute atomic E-state index is 11.5. The second-order valence-electron chi connectivity index (χ2n) is 4.62. The van der Waals surface area contributed by atoms with Crippen LogP contribution in [-0.4, -0.2) is 10.9 Å². The number of aromatic nitrogens is 1. The maximum atomic E-state index is 11.5. The van der Waals surface area contributed by atoms with Crippen LogP contribution in [-0.2, 0) is 0 Å². The largest absolute Gasteiger partial charge is 0.364 e. The summed E-state index contributed by atoms with van der Waals surface area (Å²) in [5.41, 5.74) is 8.47. The van der Waals surface area contributed by atoms with Crippen molar-refractivity contribution in [2.24, 2.45) is 5.73 Å². The first-order chi connectivity index (χ1) is 10.7. The first-order valence-electron chi connectivity index (χ1n) is 6.55. The molecule has 3 aromatic rings. The zero-order chi connectivity index (χ0) is 15.5. The lowest BCUT2D eigenvalue weighted by atomic mass is 10.1. The average molecular weight is 305 g/mol. The van der Waals surface area contributed by atoms with E-state index in [0.29, 0.717) is 11.3 Å². The SMILES string of the molecule is N#Cc1ccc(-c2nc(C(N)=O)sc2-c2ccccc2)cc1. The third kappa shape index (κ3) is 2.60. The number of thiazole rings is 1. The third-order valence-corrected chi connectivity index (χ3v) is 4.28. The van der Waals surface area contributed by atoms with Crippen LogP contribution in [0.2, 0.25) is 0 Å². The van der Waals surface area contributed by atoms with Crippen molar-refractivity contribution < 1.29 is 4.79 Å². The molecule has 0 aliphatic heterocycles. The fourth-order valence-electron chi connectivity index (χ4n) is 2.11. The van der Waals surface area contributed by atoms with Crippen LogP contribution in [0.1, 0.15) is 15.4 Å². The molecule has 2 N–H and O–H groups in total. The molecule has 1 heterocycles. The fourth-order valence-corrected chi connectivity index (χ4v) is 3.05. The second kappa shape index (κ2) is 5.80. The van der Waals surface area contributed by atoms with Crippen LogP contribution >= 0.6 is 11.3 Å². The second-order valence-corrected chi connectivity index (χ2v) is 5.62. The van der Waals surface area contributed by atoms with Gasteiger partial charge in [-0.1, -0.05) is 42.5 Å². The quantitative estimate of drug-likeness (QED) is 0.804. The van der Waals surface area contributed by atoms with E-state index >= 15 is 0 Å². The molecule has 0 saturated heterocycles. The van der Waals surface area contributed by atoms with Gasteiger partial charge in [-0.25, -0.2) is 4.98 Å². The Morgan fingerprint density at radius 1 is 1.05 bits per heavy atom. The summed E-state index contributed by atoms with van der Waals surface area (Å²) in [5, 5.41) is 9.16. The number of nitrogens with zero attached hydrogens (tertiary/aromatic N) is 2. The highest BCUT2D eigenvalue weighted by Crippen LogP contribution is 2.36. The fraction of sp³-hybridized carbons (Fsp3) is 0. The molecule has 0 unspecified atom stereocenters. The van der Waals surface area contributed by atoms with E-state index in [-0.39, 0.29) is 5.01 Å². The number of benzene rings is 2. The molecule has 0 fully saturated rings. The lowest BCUT2D eigenvalue weighted by Gasteiger charge is -2.02. The molecule has 5 heteroatoms. The van der Waals surface area contributed by atoms with Gasteiger partial charge in [-0.05, 0) is 17.7 Å². The number of carbonyl (C=O) groups is 1. The van der Waals surface area contributed by atoms with Crippen molar-refractivity contribution in [1.82, 2.24) is 4.98 Å². The minimum atomic E-state index is -0.540. The highest BCUT2D eigenvalue weighted by atomic mass is 32.1. The first kappa shape index (κ1) is 14.0. The van der Waals surface area contributed by atoms with Gasteiger partial charge in [0, 0.05) is 5.56 Å². The summed E-state index contributed by atoms with van der Waals surface area (Å²) < 4.78 is 0. The van der Waals surface area contributed by atoms with E-state index in [4.69, 9.17) is 11.0 Å². The molecule has 0 aliphatic carbocycles. The van der Waals surface area contributed by atoms with Gasteiger partial charge in [-0.15, -0.1) is 11.3 Å². The van der Waals surface area contributed by atoms with Crippen molar-refractivity contribution in [3.8, 4) is 27.8 Å². The number of nitriles is 1. The van der Waals surface area contributed by atoms with Crippen LogP contribution in [0.5, 0.6) is 0 Å². The Bertz CT molecular complexity index is 861. The molecule has 0 bridgehead atoms. The predicted molar refractivity (Wildman–Crippen MR) is 86.2 cm³/mol. The molecule has 1 aromatic heterocycles. The summed E-state index contributed by atoms with van der Waals surface area (Å²) >= 11 is 1.27. The Labute approximate surface area is 131 Å². The molecule has 22 heavy (non-hydrogen) atoms. The topological polar surface area (TPSA) is 79.8 Å². The third-order valence-electron chi connectivity index (χ3n) is 3.16. The summed E-state index contributed by atoms with van der Waals surface area (Å²) in [6, 6.07) is 18.9. The van der Waals surface area contributed by atoms with Gasteiger partial charge in [0.05, 0.1) is 22.2 Å². The van der Waals surface area contributed by atoms with Crippen molar-refractivity contribution in [2.45, 2.75) is 0 Å². The number of amides is 1. The molecular weight excluding hydrogens is 294 g/mol. The molecule has 2 aromatic carbocycles. The minimum absolute atomic E-state index is 0.276. The summed E-state index contributed by atoms with van der Waals surface area (Å²) in [5.74, 6) is -0.540. The van der Waals surface area contributed by atoms with E-state index in [1.54, 1.807) is 12.1 Å².